The van der Waals surface area contributed by atoms with Crippen LogP contribution in [0.1, 0.15) is 58.8 Å². The number of nitrogens with zero attached hydrogens (tertiary/aromatic N) is 3. The van der Waals surface area contributed by atoms with E-state index in [4.69, 9.17) is 4.74 Å². The van der Waals surface area contributed by atoms with Crippen LogP contribution in [0.3, 0.4) is 0 Å². The number of carbonyl (C=O) groups is 2. The Morgan fingerprint density at radius 3 is 2.52 bits per heavy atom. The first-order valence-electron chi connectivity index (χ1n) is 11.8. The highest BCUT2D eigenvalue weighted by atomic mass is 16.5. The van der Waals surface area contributed by atoms with Crippen LogP contribution in [0.25, 0.3) is 0 Å². The summed E-state index contributed by atoms with van der Waals surface area (Å²) >= 11 is 0. The summed E-state index contributed by atoms with van der Waals surface area (Å²) in [6.07, 6.45) is 7.93. The van der Waals surface area contributed by atoms with E-state index in [9.17, 15) is 9.59 Å². The SMILES string of the molecule is CC(C)OCCCNC(=O)CC1(CC(=O)N2CCN(c3ccccn3)CC2)CCCC1. The summed E-state index contributed by atoms with van der Waals surface area (Å²) in [5.41, 5.74) is -0.173. The fraction of sp³-hybridized carbons (Fsp3) is 0.708. The predicted molar refractivity (Wildman–Crippen MR) is 122 cm³/mol. The van der Waals surface area contributed by atoms with Crippen molar-refractivity contribution in [3.63, 3.8) is 0 Å². The Morgan fingerprint density at radius 1 is 1.13 bits per heavy atom. The molecule has 0 atom stereocenters. The third-order valence-electron chi connectivity index (χ3n) is 6.43. The third kappa shape index (κ3) is 7.20. The van der Waals surface area contributed by atoms with Gasteiger partial charge >= 0.3 is 0 Å². The lowest BCUT2D eigenvalue weighted by Crippen LogP contribution is -2.50. The fourth-order valence-corrected chi connectivity index (χ4v) is 4.72. The van der Waals surface area contributed by atoms with Gasteiger partial charge in [-0.3, -0.25) is 9.59 Å². The van der Waals surface area contributed by atoms with Crippen LogP contribution in [0, 0.1) is 5.41 Å². The van der Waals surface area contributed by atoms with E-state index in [1.165, 1.54) is 0 Å². The molecule has 2 amide bonds. The van der Waals surface area contributed by atoms with Crippen molar-refractivity contribution >= 4 is 17.6 Å². The van der Waals surface area contributed by atoms with Crippen molar-refractivity contribution in [2.24, 2.45) is 5.41 Å². The average molecular weight is 431 g/mol. The highest BCUT2D eigenvalue weighted by Crippen LogP contribution is 2.44. The number of nitrogens with one attached hydrogen (secondary N) is 1. The smallest absolute Gasteiger partial charge is 0.223 e. The summed E-state index contributed by atoms with van der Waals surface area (Å²) in [6.45, 7) is 8.34. The van der Waals surface area contributed by atoms with Gasteiger partial charge in [0, 0.05) is 58.4 Å². The first kappa shape index (κ1) is 23.5. The second-order valence-corrected chi connectivity index (χ2v) is 9.24. The number of hydrogen-bond acceptors (Lipinski definition) is 5. The molecule has 0 bridgehead atoms. The quantitative estimate of drug-likeness (QED) is 0.578. The number of aromatic nitrogens is 1. The van der Waals surface area contributed by atoms with Gasteiger partial charge in [0.2, 0.25) is 11.8 Å². The Labute approximate surface area is 186 Å². The van der Waals surface area contributed by atoms with Crippen LogP contribution >= 0.6 is 0 Å². The van der Waals surface area contributed by atoms with Gasteiger partial charge in [-0.15, -0.1) is 0 Å². The fourth-order valence-electron chi connectivity index (χ4n) is 4.72. The van der Waals surface area contributed by atoms with Crippen molar-refractivity contribution in [1.29, 1.82) is 0 Å². The van der Waals surface area contributed by atoms with Gasteiger partial charge in [0.25, 0.3) is 0 Å². The van der Waals surface area contributed by atoms with Crippen LogP contribution in [0.4, 0.5) is 5.82 Å². The number of piperazine rings is 1. The van der Waals surface area contributed by atoms with Gasteiger partial charge in [0.15, 0.2) is 0 Å². The van der Waals surface area contributed by atoms with E-state index in [2.05, 4.69) is 15.2 Å². The topological polar surface area (TPSA) is 74.8 Å². The second kappa shape index (κ2) is 11.5. The van der Waals surface area contributed by atoms with Gasteiger partial charge < -0.3 is 19.9 Å². The van der Waals surface area contributed by atoms with Crippen molar-refractivity contribution in [1.82, 2.24) is 15.2 Å². The van der Waals surface area contributed by atoms with Crippen LogP contribution in [0.15, 0.2) is 24.4 Å². The first-order chi connectivity index (χ1) is 15.0. The molecule has 2 aliphatic rings. The van der Waals surface area contributed by atoms with Gasteiger partial charge in [0.05, 0.1) is 6.10 Å². The molecule has 2 fully saturated rings. The highest BCUT2D eigenvalue weighted by Gasteiger charge is 2.39. The van der Waals surface area contributed by atoms with Crippen LogP contribution in [-0.2, 0) is 14.3 Å². The molecule has 0 radical (unpaired) electrons. The largest absolute Gasteiger partial charge is 0.379 e. The molecular weight excluding hydrogens is 392 g/mol. The lowest BCUT2D eigenvalue weighted by atomic mass is 9.78. The van der Waals surface area contributed by atoms with Crippen LogP contribution in [0.5, 0.6) is 0 Å². The van der Waals surface area contributed by atoms with Crippen LogP contribution in [0.2, 0.25) is 0 Å². The van der Waals surface area contributed by atoms with E-state index in [0.29, 0.717) is 39.1 Å². The van der Waals surface area contributed by atoms with Crippen molar-refractivity contribution in [2.75, 3.05) is 44.2 Å². The van der Waals surface area contributed by atoms with Gasteiger partial charge in [0.1, 0.15) is 5.82 Å². The van der Waals surface area contributed by atoms with Crippen LogP contribution in [-0.4, -0.2) is 67.1 Å². The molecule has 7 heteroatoms. The maximum Gasteiger partial charge on any atom is 0.223 e. The minimum atomic E-state index is -0.173. The molecule has 1 aliphatic carbocycles. The van der Waals surface area contributed by atoms with E-state index in [1.54, 1.807) is 6.20 Å². The Bertz CT molecular complexity index is 696. The average Bonchev–Trinajstić information content (AvgIpc) is 3.21. The van der Waals surface area contributed by atoms with Crippen LogP contribution < -0.4 is 10.2 Å². The van der Waals surface area contributed by atoms with E-state index >= 15 is 0 Å². The number of anilines is 1. The lowest BCUT2D eigenvalue weighted by molar-refractivity contribution is -0.135. The molecule has 1 saturated carbocycles. The molecule has 0 aromatic carbocycles. The van der Waals surface area contributed by atoms with Crippen molar-refractivity contribution in [3.05, 3.63) is 24.4 Å². The zero-order valence-corrected chi connectivity index (χ0v) is 19.1. The standard InChI is InChI=1S/C24H38N4O3/c1-20(2)31-17-7-12-26-22(29)18-24(9-4-5-10-24)19-23(30)28-15-13-27(14-16-28)21-8-3-6-11-25-21/h3,6,8,11,20H,4-5,7,9-10,12-19H2,1-2H3,(H,26,29). The molecule has 31 heavy (non-hydrogen) atoms. The molecular formula is C24H38N4O3. The van der Waals surface area contributed by atoms with Gasteiger partial charge in [-0.05, 0) is 50.7 Å². The minimum Gasteiger partial charge on any atom is -0.379 e. The molecule has 1 aromatic rings. The number of rotatable bonds is 10. The molecule has 1 saturated heterocycles. The van der Waals surface area contributed by atoms with Crippen molar-refractivity contribution in [3.8, 4) is 0 Å². The number of hydrogen-bond donors (Lipinski definition) is 1. The molecule has 1 aromatic heterocycles. The molecule has 7 nitrogen and oxygen atoms in total. The lowest BCUT2D eigenvalue weighted by Gasteiger charge is -2.37. The summed E-state index contributed by atoms with van der Waals surface area (Å²) in [4.78, 5) is 34.3. The molecule has 0 unspecified atom stereocenters. The normalized spacial score (nSPS) is 18.4. The maximum absolute atomic E-state index is 13.1. The maximum atomic E-state index is 13.1. The Morgan fingerprint density at radius 2 is 1.87 bits per heavy atom. The number of carbonyl (C=O) groups excluding carboxylic acids is 2. The zero-order chi connectivity index (χ0) is 22.1. The number of ether oxygens (including phenoxy) is 1. The minimum absolute atomic E-state index is 0.0687. The van der Waals surface area contributed by atoms with Gasteiger partial charge in [-0.1, -0.05) is 18.9 Å². The Hall–Kier alpha value is -2.15. The molecule has 172 valence electrons. The van der Waals surface area contributed by atoms with Crippen molar-refractivity contribution < 1.29 is 14.3 Å². The van der Waals surface area contributed by atoms with Crippen molar-refractivity contribution in [2.45, 2.75) is 64.9 Å². The van der Waals surface area contributed by atoms with Gasteiger partial charge in [-0.25, -0.2) is 4.98 Å². The van der Waals surface area contributed by atoms with E-state index in [0.717, 1.165) is 51.0 Å². The predicted octanol–water partition coefficient (Wildman–Crippen LogP) is 3.00. The van der Waals surface area contributed by atoms with E-state index < -0.39 is 0 Å². The Kier molecular flexibility index (Phi) is 8.69. The molecule has 0 spiro atoms. The zero-order valence-electron chi connectivity index (χ0n) is 19.1. The molecule has 1 aliphatic heterocycles. The second-order valence-electron chi connectivity index (χ2n) is 9.24. The first-order valence-corrected chi connectivity index (χ1v) is 11.8. The van der Waals surface area contributed by atoms with Gasteiger partial charge in [-0.2, -0.15) is 0 Å². The summed E-state index contributed by atoms with van der Waals surface area (Å²) in [5.74, 6) is 1.23. The Balaban J connectivity index is 1.45. The molecule has 1 N–H and O–H groups in total. The van der Waals surface area contributed by atoms with E-state index in [1.807, 2.05) is 36.9 Å². The van der Waals surface area contributed by atoms with E-state index in [-0.39, 0.29) is 23.3 Å². The number of pyridine rings is 1. The molecule has 3 rings (SSSR count). The summed E-state index contributed by atoms with van der Waals surface area (Å²) in [5, 5.41) is 3.03. The monoisotopic (exact) mass is 430 g/mol. The third-order valence-corrected chi connectivity index (χ3v) is 6.43. The summed E-state index contributed by atoms with van der Waals surface area (Å²) in [7, 11) is 0. The molecule has 2 heterocycles. The summed E-state index contributed by atoms with van der Waals surface area (Å²) in [6, 6.07) is 5.92. The highest BCUT2D eigenvalue weighted by molar-refractivity contribution is 5.80. The number of amides is 2. The summed E-state index contributed by atoms with van der Waals surface area (Å²) < 4.78 is 5.52.